The van der Waals surface area contributed by atoms with E-state index >= 15 is 0 Å². The van der Waals surface area contributed by atoms with Gasteiger partial charge in [-0.2, -0.15) is 0 Å². The maximum atomic E-state index is 11.0. The Morgan fingerprint density at radius 1 is 1.31 bits per heavy atom. The van der Waals surface area contributed by atoms with Gasteiger partial charge in [0.15, 0.2) is 0 Å². The number of hydrogen-bond donors (Lipinski definition) is 3. The predicted molar refractivity (Wildman–Crippen MR) is 62.1 cm³/mol. The Bertz CT molecular complexity index is 256. The predicted octanol–water partition coefficient (Wildman–Crippen LogP) is 0.753. The van der Waals surface area contributed by atoms with Crippen LogP contribution in [0.2, 0.25) is 0 Å². The number of hydrogen-bond acceptors (Lipinski definition) is 2. The fourth-order valence-electron chi connectivity index (χ4n) is 1.92. The molecule has 3 amide bonds. The zero-order chi connectivity index (χ0) is 12.0. The highest BCUT2D eigenvalue weighted by Gasteiger charge is 2.26. The molecule has 5 heteroatoms. The number of amides is 3. The summed E-state index contributed by atoms with van der Waals surface area (Å²) in [5, 5.41) is 8.31. The van der Waals surface area contributed by atoms with Crippen LogP contribution in [0.15, 0.2) is 0 Å². The van der Waals surface area contributed by atoms with Gasteiger partial charge in [-0.25, -0.2) is 4.79 Å². The molecule has 0 radical (unpaired) electrons. The summed E-state index contributed by atoms with van der Waals surface area (Å²) < 4.78 is 0. The van der Waals surface area contributed by atoms with E-state index in [0.717, 1.165) is 25.7 Å². The molecule has 0 aliphatic carbocycles. The van der Waals surface area contributed by atoms with Crippen molar-refractivity contribution in [1.82, 2.24) is 16.0 Å². The van der Waals surface area contributed by atoms with E-state index in [1.807, 2.05) is 6.92 Å². The molecule has 92 valence electrons. The Balaban J connectivity index is 2.03. The van der Waals surface area contributed by atoms with Crippen LogP contribution in [0.1, 0.15) is 39.0 Å². The van der Waals surface area contributed by atoms with Crippen molar-refractivity contribution < 1.29 is 9.59 Å². The smallest absolute Gasteiger partial charge is 0.315 e. The number of carbonyl (C=O) groups excluding carboxylic acids is 2. The molecule has 0 aromatic rings. The molecule has 0 aromatic carbocycles. The molecule has 3 N–H and O–H groups in total. The van der Waals surface area contributed by atoms with Gasteiger partial charge in [-0.05, 0) is 19.8 Å². The van der Waals surface area contributed by atoms with E-state index in [1.54, 1.807) is 7.05 Å². The first kappa shape index (κ1) is 12.8. The normalized spacial score (nSPS) is 23.8. The average Bonchev–Trinajstić information content (AvgIpc) is 2.56. The Labute approximate surface area is 96.4 Å². The van der Waals surface area contributed by atoms with Gasteiger partial charge in [-0.1, -0.05) is 12.8 Å². The van der Waals surface area contributed by atoms with E-state index in [9.17, 15) is 9.59 Å². The van der Waals surface area contributed by atoms with Crippen LogP contribution >= 0.6 is 0 Å². The third kappa shape index (κ3) is 4.08. The number of rotatable bonds is 6. The quantitative estimate of drug-likeness (QED) is 0.586. The van der Waals surface area contributed by atoms with E-state index in [4.69, 9.17) is 0 Å². The SMILES string of the molecule is CNC(=O)CCCCCC1NC(=O)NC1C. The van der Waals surface area contributed by atoms with E-state index in [1.165, 1.54) is 0 Å². The minimum Gasteiger partial charge on any atom is -0.359 e. The molecule has 0 bridgehead atoms. The zero-order valence-electron chi connectivity index (χ0n) is 10.0. The number of unbranched alkanes of at least 4 members (excludes halogenated alkanes) is 2. The lowest BCUT2D eigenvalue weighted by Crippen LogP contribution is -2.30. The molecular formula is C11H21N3O2. The van der Waals surface area contributed by atoms with Crippen molar-refractivity contribution in [2.24, 2.45) is 0 Å². The summed E-state index contributed by atoms with van der Waals surface area (Å²) in [6.07, 6.45) is 4.58. The second kappa shape index (κ2) is 6.35. The van der Waals surface area contributed by atoms with Crippen molar-refractivity contribution in [3.8, 4) is 0 Å². The molecule has 1 heterocycles. The van der Waals surface area contributed by atoms with Crippen LogP contribution < -0.4 is 16.0 Å². The highest BCUT2D eigenvalue weighted by molar-refractivity contribution is 5.77. The molecule has 2 unspecified atom stereocenters. The highest BCUT2D eigenvalue weighted by atomic mass is 16.2. The van der Waals surface area contributed by atoms with E-state index in [0.29, 0.717) is 6.42 Å². The van der Waals surface area contributed by atoms with E-state index < -0.39 is 0 Å². The summed E-state index contributed by atoms with van der Waals surface area (Å²) in [6.45, 7) is 2.01. The van der Waals surface area contributed by atoms with Crippen molar-refractivity contribution in [3.63, 3.8) is 0 Å². The maximum absolute atomic E-state index is 11.0. The second-order valence-electron chi connectivity index (χ2n) is 4.29. The van der Waals surface area contributed by atoms with Crippen molar-refractivity contribution in [2.75, 3.05) is 7.05 Å². The molecule has 1 rings (SSSR count). The van der Waals surface area contributed by atoms with Crippen molar-refractivity contribution in [3.05, 3.63) is 0 Å². The maximum Gasteiger partial charge on any atom is 0.315 e. The largest absolute Gasteiger partial charge is 0.359 e. The van der Waals surface area contributed by atoms with Gasteiger partial charge in [-0.15, -0.1) is 0 Å². The van der Waals surface area contributed by atoms with Crippen LogP contribution in [0.3, 0.4) is 0 Å². The summed E-state index contributed by atoms with van der Waals surface area (Å²) in [5.41, 5.74) is 0. The molecule has 1 fully saturated rings. The first-order chi connectivity index (χ1) is 7.63. The first-order valence-corrected chi connectivity index (χ1v) is 5.91. The number of nitrogens with one attached hydrogen (secondary N) is 3. The van der Waals surface area contributed by atoms with Crippen molar-refractivity contribution >= 4 is 11.9 Å². The molecule has 1 saturated heterocycles. The van der Waals surface area contributed by atoms with Gasteiger partial charge in [0.05, 0.1) is 6.04 Å². The van der Waals surface area contributed by atoms with E-state index in [2.05, 4.69) is 16.0 Å². The molecule has 1 aliphatic heterocycles. The Morgan fingerprint density at radius 2 is 2.06 bits per heavy atom. The summed E-state index contributed by atoms with van der Waals surface area (Å²) in [7, 11) is 1.66. The third-order valence-electron chi connectivity index (χ3n) is 2.98. The average molecular weight is 227 g/mol. The van der Waals surface area contributed by atoms with Gasteiger partial charge in [0.25, 0.3) is 0 Å². The van der Waals surface area contributed by atoms with Crippen LogP contribution in [-0.2, 0) is 4.79 Å². The molecule has 1 aliphatic rings. The van der Waals surface area contributed by atoms with Gasteiger partial charge in [0.2, 0.25) is 5.91 Å². The van der Waals surface area contributed by atoms with Crippen LogP contribution in [0.5, 0.6) is 0 Å². The van der Waals surface area contributed by atoms with Crippen LogP contribution in [0.25, 0.3) is 0 Å². The minimum absolute atomic E-state index is 0.0668. The third-order valence-corrected chi connectivity index (χ3v) is 2.98. The van der Waals surface area contributed by atoms with Gasteiger partial charge in [0, 0.05) is 19.5 Å². The van der Waals surface area contributed by atoms with Gasteiger partial charge in [0.1, 0.15) is 0 Å². The van der Waals surface area contributed by atoms with Gasteiger partial charge >= 0.3 is 6.03 Å². The van der Waals surface area contributed by atoms with Crippen LogP contribution in [-0.4, -0.2) is 31.1 Å². The standard InChI is InChI=1S/C11H21N3O2/c1-8-9(14-11(16)13-8)6-4-3-5-7-10(15)12-2/h8-9H,3-7H2,1-2H3,(H,12,15)(H2,13,14,16). The Morgan fingerprint density at radius 3 is 2.62 bits per heavy atom. The van der Waals surface area contributed by atoms with Crippen molar-refractivity contribution in [1.29, 1.82) is 0 Å². The molecule has 0 spiro atoms. The number of urea groups is 1. The fraction of sp³-hybridized carbons (Fsp3) is 0.818. The van der Waals surface area contributed by atoms with E-state index in [-0.39, 0.29) is 24.0 Å². The Hall–Kier alpha value is -1.26. The summed E-state index contributed by atoms with van der Waals surface area (Å²) in [4.78, 5) is 22.0. The number of carbonyl (C=O) groups is 2. The topological polar surface area (TPSA) is 70.2 Å². The van der Waals surface area contributed by atoms with Gasteiger partial charge < -0.3 is 16.0 Å². The lowest BCUT2D eigenvalue weighted by Gasteiger charge is -2.13. The zero-order valence-corrected chi connectivity index (χ0v) is 10.0. The van der Waals surface area contributed by atoms with Crippen LogP contribution in [0.4, 0.5) is 4.79 Å². The lowest BCUT2D eigenvalue weighted by atomic mass is 10.0. The summed E-state index contributed by atoms with van der Waals surface area (Å²) in [5.74, 6) is 0.101. The Kier molecular flexibility index (Phi) is 5.08. The van der Waals surface area contributed by atoms with Gasteiger partial charge in [-0.3, -0.25) is 4.79 Å². The monoisotopic (exact) mass is 227 g/mol. The highest BCUT2D eigenvalue weighted by Crippen LogP contribution is 2.11. The van der Waals surface area contributed by atoms with Crippen LogP contribution in [0, 0.1) is 0 Å². The molecule has 0 saturated carbocycles. The summed E-state index contributed by atoms with van der Waals surface area (Å²) in [6, 6.07) is 0.391. The molecule has 16 heavy (non-hydrogen) atoms. The second-order valence-corrected chi connectivity index (χ2v) is 4.29. The fourth-order valence-corrected chi connectivity index (χ4v) is 1.92. The molecular weight excluding hydrogens is 206 g/mol. The molecule has 5 nitrogen and oxygen atoms in total. The lowest BCUT2D eigenvalue weighted by molar-refractivity contribution is -0.120. The molecule has 2 atom stereocenters. The van der Waals surface area contributed by atoms with Crippen molar-refractivity contribution in [2.45, 2.75) is 51.1 Å². The molecule has 0 aromatic heterocycles. The summed E-state index contributed by atoms with van der Waals surface area (Å²) >= 11 is 0. The first-order valence-electron chi connectivity index (χ1n) is 5.91. The minimum atomic E-state index is -0.0668.